The second-order valence-electron chi connectivity index (χ2n) is 6.42. The van der Waals surface area contributed by atoms with Crippen LogP contribution < -0.4 is 10.6 Å². The fourth-order valence-corrected chi connectivity index (χ4v) is 3.94. The van der Waals surface area contributed by atoms with Crippen molar-refractivity contribution in [1.82, 2.24) is 10.3 Å². The quantitative estimate of drug-likeness (QED) is 0.742. The van der Waals surface area contributed by atoms with Gasteiger partial charge in [0.05, 0.1) is 5.92 Å². The van der Waals surface area contributed by atoms with Gasteiger partial charge < -0.3 is 10.4 Å². The second kappa shape index (κ2) is 8.27. The number of aromatic nitrogens is 1. The van der Waals surface area contributed by atoms with Crippen LogP contribution >= 0.6 is 11.3 Å². The first-order valence-electron chi connectivity index (χ1n) is 8.49. The molecule has 1 aromatic carbocycles. The number of hydrogen-bond donors (Lipinski definition) is 3. The van der Waals surface area contributed by atoms with Crippen molar-refractivity contribution in [2.24, 2.45) is 5.92 Å². The average Bonchev–Trinajstić information content (AvgIpc) is 3.02. The molecule has 0 saturated heterocycles. The van der Waals surface area contributed by atoms with Gasteiger partial charge >= 0.3 is 12.0 Å². The van der Waals surface area contributed by atoms with Gasteiger partial charge in [0.25, 0.3) is 0 Å². The predicted octanol–water partition coefficient (Wildman–Crippen LogP) is 3.64. The van der Waals surface area contributed by atoms with Crippen LogP contribution in [-0.4, -0.2) is 28.1 Å². The summed E-state index contributed by atoms with van der Waals surface area (Å²) in [6, 6.07) is 6.03. The van der Waals surface area contributed by atoms with Crippen molar-refractivity contribution in [3.63, 3.8) is 0 Å². The highest BCUT2D eigenvalue weighted by Gasteiger charge is 2.26. The number of amides is 2. The Morgan fingerprint density at radius 2 is 2.04 bits per heavy atom. The Hall–Kier alpha value is -2.48. The van der Waals surface area contributed by atoms with E-state index in [9.17, 15) is 14.0 Å². The number of nitrogens with one attached hydrogen (secondary N) is 2. The highest BCUT2D eigenvalue weighted by atomic mass is 32.1. The largest absolute Gasteiger partial charge is 0.481 e. The van der Waals surface area contributed by atoms with Gasteiger partial charge in [-0.25, -0.2) is 14.2 Å². The molecule has 0 bridgehead atoms. The number of halogens is 1. The normalized spacial score (nSPS) is 19.7. The SMILES string of the molecule is O=C(Nc1ncc(Cc2cccc(F)c2)s1)NC1CCC(C(=O)O)CC1. The van der Waals surface area contributed by atoms with Gasteiger partial charge in [-0.3, -0.25) is 10.1 Å². The number of rotatable bonds is 5. The molecule has 0 radical (unpaired) electrons. The van der Waals surface area contributed by atoms with Crippen LogP contribution in [-0.2, 0) is 11.2 Å². The Morgan fingerprint density at radius 3 is 2.73 bits per heavy atom. The molecular formula is C18H20FN3O3S. The third-order valence-electron chi connectivity index (χ3n) is 4.45. The number of benzene rings is 1. The summed E-state index contributed by atoms with van der Waals surface area (Å²) in [5, 5.41) is 15.1. The second-order valence-corrected chi connectivity index (χ2v) is 7.54. The molecule has 0 aliphatic heterocycles. The lowest BCUT2D eigenvalue weighted by atomic mass is 9.86. The Balaban J connectivity index is 1.48. The molecule has 3 N–H and O–H groups in total. The van der Waals surface area contributed by atoms with Gasteiger partial charge in [-0.1, -0.05) is 12.1 Å². The lowest BCUT2D eigenvalue weighted by molar-refractivity contribution is -0.142. The Labute approximate surface area is 154 Å². The number of anilines is 1. The lowest BCUT2D eigenvalue weighted by Crippen LogP contribution is -2.40. The van der Waals surface area contributed by atoms with E-state index < -0.39 is 5.97 Å². The third-order valence-corrected chi connectivity index (χ3v) is 5.37. The topological polar surface area (TPSA) is 91.3 Å². The van der Waals surface area contributed by atoms with E-state index in [1.807, 2.05) is 6.07 Å². The fraction of sp³-hybridized carbons (Fsp3) is 0.389. The van der Waals surface area contributed by atoms with Gasteiger partial charge in [-0.2, -0.15) is 0 Å². The summed E-state index contributed by atoms with van der Waals surface area (Å²) in [6.07, 6.45) is 4.70. The molecule has 0 atom stereocenters. The van der Waals surface area contributed by atoms with Crippen LogP contribution in [0.5, 0.6) is 0 Å². The zero-order valence-electron chi connectivity index (χ0n) is 14.1. The molecule has 0 spiro atoms. The van der Waals surface area contributed by atoms with E-state index in [4.69, 9.17) is 5.11 Å². The van der Waals surface area contributed by atoms with Crippen molar-refractivity contribution in [1.29, 1.82) is 0 Å². The van der Waals surface area contributed by atoms with E-state index in [1.54, 1.807) is 12.3 Å². The van der Waals surface area contributed by atoms with Crippen LogP contribution in [0.15, 0.2) is 30.5 Å². The average molecular weight is 377 g/mol. The lowest BCUT2D eigenvalue weighted by Gasteiger charge is -2.26. The van der Waals surface area contributed by atoms with Crippen LogP contribution in [0.4, 0.5) is 14.3 Å². The van der Waals surface area contributed by atoms with E-state index in [2.05, 4.69) is 15.6 Å². The molecule has 1 heterocycles. The first-order valence-corrected chi connectivity index (χ1v) is 9.30. The van der Waals surface area contributed by atoms with Gasteiger partial charge in [0.2, 0.25) is 0 Å². The number of thiazole rings is 1. The van der Waals surface area contributed by atoms with Crippen LogP contribution in [0.25, 0.3) is 0 Å². The maximum Gasteiger partial charge on any atom is 0.321 e. The molecule has 2 amide bonds. The maximum atomic E-state index is 13.2. The van der Waals surface area contributed by atoms with E-state index in [-0.39, 0.29) is 23.8 Å². The minimum Gasteiger partial charge on any atom is -0.481 e. The van der Waals surface area contributed by atoms with Crippen molar-refractivity contribution in [2.75, 3.05) is 5.32 Å². The number of carboxylic acids is 1. The Bertz CT molecular complexity index is 787. The Kier molecular flexibility index (Phi) is 5.82. The number of carbonyl (C=O) groups excluding carboxylic acids is 1. The molecule has 1 saturated carbocycles. The molecule has 6 nitrogen and oxygen atoms in total. The van der Waals surface area contributed by atoms with Gasteiger partial charge in [0.1, 0.15) is 5.82 Å². The van der Waals surface area contributed by atoms with Crippen LogP contribution in [0.2, 0.25) is 0 Å². The number of aliphatic carboxylic acids is 1. The number of carboxylic acid groups (broad SMARTS) is 1. The van der Waals surface area contributed by atoms with Crippen molar-refractivity contribution in [2.45, 2.75) is 38.1 Å². The van der Waals surface area contributed by atoms with Crippen LogP contribution in [0.1, 0.15) is 36.1 Å². The molecule has 0 unspecified atom stereocenters. The highest BCUT2D eigenvalue weighted by Crippen LogP contribution is 2.25. The van der Waals surface area contributed by atoms with E-state index in [1.165, 1.54) is 23.5 Å². The smallest absolute Gasteiger partial charge is 0.321 e. The molecule has 1 fully saturated rings. The first-order chi connectivity index (χ1) is 12.5. The summed E-state index contributed by atoms with van der Waals surface area (Å²) in [7, 11) is 0. The summed E-state index contributed by atoms with van der Waals surface area (Å²) in [5.41, 5.74) is 0.847. The minimum atomic E-state index is -0.762. The van der Waals surface area contributed by atoms with E-state index in [0.717, 1.165) is 10.4 Å². The number of urea groups is 1. The van der Waals surface area contributed by atoms with E-state index in [0.29, 0.717) is 37.2 Å². The monoisotopic (exact) mass is 377 g/mol. The molecule has 1 aliphatic rings. The van der Waals surface area contributed by atoms with Crippen LogP contribution in [0, 0.1) is 11.7 Å². The molecule has 2 aromatic rings. The minimum absolute atomic E-state index is 0.0164. The van der Waals surface area contributed by atoms with Crippen molar-refractivity contribution >= 4 is 28.5 Å². The molecule has 1 aliphatic carbocycles. The summed E-state index contributed by atoms with van der Waals surface area (Å²) < 4.78 is 13.2. The summed E-state index contributed by atoms with van der Waals surface area (Å²) in [6.45, 7) is 0. The van der Waals surface area contributed by atoms with Gasteiger partial charge in [0, 0.05) is 23.5 Å². The van der Waals surface area contributed by atoms with Crippen molar-refractivity contribution in [3.05, 3.63) is 46.7 Å². The number of hydrogen-bond acceptors (Lipinski definition) is 4. The zero-order chi connectivity index (χ0) is 18.5. The predicted molar refractivity (Wildman–Crippen MR) is 96.9 cm³/mol. The van der Waals surface area contributed by atoms with Gasteiger partial charge in [0.15, 0.2) is 5.13 Å². The molecule has 3 rings (SSSR count). The van der Waals surface area contributed by atoms with Gasteiger partial charge in [-0.05, 0) is 43.4 Å². The van der Waals surface area contributed by atoms with Crippen molar-refractivity contribution < 1.29 is 19.1 Å². The highest BCUT2D eigenvalue weighted by molar-refractivity contribution is 7.15. The molecular weight excluding hydrogens is 357 g/mol. The fourth-order valence-electron chi connectivity index (χ4n) is 3.10. The van der Waals surface area contributed by atoms with Gasteiger partial charge in [-0.15, -0.1) is 11.3 Å². The molecule has 1 aromatic heterocycles. The summed E-state index contributed by atoms with van der Waals surface area (Å²) in [4.78, 5) is 28.1. The van der Waals surface area contributed by atoms with Crippen LogP contribution in [0.3, 0.4) is 0 Å². The van der Waals surface area contributed by atoms with E-state index >= 15 is 0 Å². The number of nitrogens with zero attached hydrogens (tertiary/aromatic N) is 1. The zero-order valence-corrected chi connectivity index (χ0v) is 14.9. The molecule has 26 heavy (non-hydrogen) atoms. The summed E-state index contributed by atoms with van der Waals surface area (Å²) in [5.74, 6) is -1.34. The van der Waals surface area contributed by atoms with Crippen molar-refractivity contribution in [3.8, 4) is 0 Å². The molecule has 138 valence electrons. The Morgan fingerprint density at radius 1 is 1.27 bits per heavy atom. The standard InChI is InChI=1S/C18H20FN3O3S/c19-13-3-1-2-11(8-13)9-15-10-20-18(26-15)22-17(25)21-14-6-4-12(5-7-14)16(23)24/h1-3,8,10,12,14H,4-7,9H2,(H,23,24)(H2,20,21,22,25). The first kappa shape index (κ1) is 18.3. The summed E-state index contributed by atoms with van der Waals surface area (Å²) >= 11 is 1.35. The third kappa shape index (κ3) is 5.01. The number of carbonyl (C=O) groups is 2. The maximum absolute atomic E-state index is 13.2. The molecule has 8 heteroatoms.